The van der Waals surface area contributed by atoms with E-state index < -0.39 is 0 Å². The van der Waals surface area contributed by atoms with Gasteiger partial charge in [0.1, 0.15) is 0 Å². The number of hydrogen-bond acceptors (Lipinski definition) is 2. The van der Waals surface area contributed by atoms with Crippen LogP contribution in [0.15, 0.2) is 0 Å². The van der Waals surface area contributed by atoms with E-state index in [4.69, 9.17) is 4.74 Å². The first kappa shape index (κ1) is 8.81. The van der Waals surface area contributed by atoms with E-state index in [1.165, 1.54) is 12.0 Å². The van der Waals surface area contributed by atoms with Crippen molar-refractivity contribution < 1.29 is 14.4 Å². The van der Waals surface area contributed by atoms with E-state index in [-0.39, 0.29) is 6.09 Å². The Kier molecular flexibility index (Phi) is 2.15. The second-order valence-electron chi connectivity index (χ2n) is 4.05. The van der Waals surface area contributed by atoms with Crippen LogP contribution in [-0.4, -0.2) is 44.3 Å². The second kappa shape index (κ2) is 3.18. The number of ether oxygens (including phenoxy) is 1. The van der Waals surface area contributed by atoms with E-state index in [2.05, 4.69) is 7.05 Å². The van der Waals surface area contributed by atoms with Crippen molar-refractivity contribution >= 4 is 6.09 Å². The fourth-order valence-electron chi connectivity index (χ4n) is 2.50. The molecule has 13 heavy (non-hydrogen) atoms. The zero-order valence-corrected chi connectivity index (χ0v) is 7.95. The van der Waals surface area contributed by atoms with Crippen LogP contribution in [0.2, 0.25) is 0 Å². The third-order valence-corrected chi connectivity index (χ3v) is 3.11. The molecule has 4 nitrogen and oxygen atoms in total. The van der Waals surface area contributed by atoms with Crippen molar-refractivity contribution in [1.82, 2.24) is 4.90 Å². The highest BCUT2D eigenvalue weighted by molar-refractivity contribution is 5.67. The number of carbonyl (C=O) groups excluding carboxylic acids is 1. The average Bonchev–Trinajstić information content (AvgIpc) is 2.59. The standard InChI is InChI=1S/C9H16N2O2/c1-10-3-7-5-11(9(12)13-2)6-8(7)4-10/h7-8,10H,1,3-6H2,2H3/t7-,8+. The zero-order chi connectivity index (χ0) is 9.42. The molecule has 0 radical (unpaired) electrons. The number of hydrogen-bond donors (Lipinski definition) is 1. The highest BCUT2D eigenvalue weighted by Gasteiger charge is 2.41. The summed E-state index contributed by atoms with van der Waals surface area (Å²) in [5, 5.41) is 0. The number of fused-ring (bicyclic) bond motifs is 1. The van der Waals surface area contributed by atoms with Gasteiger partial charge in [-0.15, -0.1) is 0 Å². The lowest BCUT2D eigenvalue weighted by Gasteiger charge is -2.19. The normalized spacial score (nSPS) is 37.7. The fourth-order valence-corrected chi connectivity index (χ4v) is 2.50. The molecule has 2 rings (SSSR count). The largest absolute Gasteiger partial charge is 0.467 e. The molecule has 1 amide bonds. The molecule has 0 aromatic carbocycles. The Morgan fingerprint density at radius 1 is 1.46 bits per heavy atom. The Labute approximate surface area is 78.4 Å². The van der Waals surface area contributed by atoms with Gasteiger partial charge in [0.15, 0.2) is 0 Å². The molecule has 2 aliphatic heterocycles. The lowest BCUT2D eigenvalue weighted by atomic mass is 10.0. The molecular formula is C9H16N2O2. The summed E-state index contributed by atoms with van der Waals surface area (Å²) >= 11 is 0. The minimum atomic E-state index is -0.181. The monoisotopic (exact) mass is 184 g/mol. The summed E-state index contributed by atoms with van der Waals surface area (Å²) in [6.07, 6.45) is -0.181. The maximum Gasteiger partial charge on any atom is 0.409 e. The van der Waals surface area contributed by atoms with Gasteiger partial charge in [0, 0.05) is 24.9 Å². The van der Waals surface area contributed by atoms with Crippen LogP contribution in [0.3, 0.4) is 0 Å². The predicted octanol–water partition coefficient (Wildman–Crippen LogP) is -1.01. The molecule has 0 aromatic heterocycles. The summed E-state index contributed by atoms with van der Waals surface area (Å²) in [4.78, 5) is 14.4. The third-order valence-electron chi connectivity index (χ3n) is 3.11. The first-order valence-electron chi connectivity index (χ1n) is 4.70. The van der Waals surface area contributed by atoms with Crippen molar-refractivity contribution in [1.29, 1.82) is 0 Å². The van der Waals surface area contributed by atoms with Gasteiger partial charge in [-0.1, -0.05) is 0 Å². The van der Waals surface area contributed by atoms with Gasteiger partial charge in [0.2, 0.25) is 0 Å². The third kappa shape index (κ3) is 1.50. The van der Waals surface area contributed by atoms with Gasteiger partial charge in [-0.05, 0) is 0 Å². The van der Waals surface area contributed by atoms with Crippen LogP contribution in [0.5, 0.6) is 0 Å². The van der Waals surface area contributed by atoms with Crippen molar-refractivity contribution in [2.24, 2.45) is 11.8 Å². The lowest BCUT2D eigenvalue weighted by Crippen LogP contribution is -3.05. The van der Waals surface area contributed by atoms with Crippen molar-refractivity contribution in [3.63, 3.8) is 0 Å². The van der Waals surface area contributed by atoms with E-state index in [0.717, 1.165) is 26.2 Å². The number of rotatable bonds is 0. The number of quaternary nitrogens is 1. The molecule has 2 fully saturated rings. The summed E-state index contributed by atoms with van der Waals surface area (Å²) in [6.45, 7) is 3.91. The number of likely N-dealkylation sites (tertiary alicyclic amines) is 2. The minimum absolute atomic E-state index is 0.181. The van der Waals surface area contributed by atoms with Crippen molar-refractivity contribution in [2.45, 2.75) is 0 Å². The maximum atomic E-state index is 11.2. The summed E-state index contributed by atoms with van der Waals surface area (Å²) in [6, 6.07) is 0. The molecule has 1 N–H and O–H groups in total. The van der Waals surface area contributed by atoms with Gasteiger partial charge in [0.05, 0.1) is 20.2 Å². The highest BCUT2D eigenvalue weighted by atomic mass is 16.5. The Balaban J connectivity index is 1.93. The molecule has 0 bridgehead atoms. The second-order valence-corrected chi connectivity index (χ2v) is 4.05. The summed E-state index contributed by atoms with van der Waals surface area (Å²) in [7, 11) is 5.43. The van der Waals surface area contributed by atoms with Gasteiger partial charge in [-0.3, -0.25) is 0 Å². The van der Waals surface area contributed by atoms with E-state index in [1.807, 2.05) is 4.90 Å². The van der Waals surface area contributed by atoms with Gasteiger partial charge in [-0.2, -0.15) is 7.05 Å². The zero-order valence-electron chi connectivity index (χ0n) is 7.95. The van der Waals surface area contributed by atoms with Crippen molar-refractivity contribution in [3.8, 4) is 0 Å². The number of nitrogens with one attached hydrogen (secondary N) is 1. The average molecular weight is 184 g/mol. The van der Waals surface area contributed by atoms with Gasteiger partial charge < -0.3 is 14.5 Å². The van der Waals surface area contributed by atoms with E-state index in [0.29, 0.717) is 11.8 Å². The van der Waals surface area contributed by atoms with Gasteiger partial charge >= 0.3 is 6.09 Å². The van der Waals surface area contributed by atoms with Gasteiger partial charge in [0.25, 0.3) is 0 Å². The molecule has 74 valence electrons. The van der Waals surface area contributed by atoms with Crippen LogP contribution in [0.4, 0.5) is 4.79 Å². The quantitative estimate of drug-likeness (QED) is 0.489. The first-order chi connectivity index (χ1) is 6.20. The SMILES string of the molecule is [CH2-][NH+]1C[C@H]2CN(C(=O)OC)C[C@H]2C1. The predicted molar refractivity (Wildman–Crippen MR) is 47.0 cm³/mol. The number of amides is 1. The minimum Gasteiger partial charge on any atom is -0.467 e. The smallest absolute Gasteiger partial charge is 0.409 e. The lowest BCUT2D eigenvalue weighted by molar-refractivity contribution is -0.843. The molecule has 1 unspecified atom stereocenters. The molecule has 2 aliphatic rings. The van der Waals surface area contributed by atoms with E-state index in [9.17, 15) is 4.79 Å². The molecular weight excluding hydrogens is 168 g/mol. The Hall–Kier alpha value is -0.770. The Bertz CT molecular complexity index is 206. The van der Waals surface area contributed by atoms with Crippen LogP contribution in [0.1, 0.15) is 0 Å². The molecule has 0 saturated carbocycles. The molecule has 2 heterocycles. The van der Waals surface area contributed by atoms with Crippen LogP contribution < -0.4 is 4.90 Å². The first-order valence-corrected chi connectivity index (χ1v) is 4.70. The highest BCUT2D eigenvalue weighted by Crippen LogP contribution is 2.24. The number of methoxy groups -OCH3 is 1. The maximum absolute atomic E-state index is 11.2. The molecule has 3 atom stereocenters. The van der Waals surface area contributed by atoms with E-state index >= 15 is 0 Å². The van der Waals surface area contributed by atoms with E-state index in [1.54, 1.807) is 0 Å². The molecule has 2 saturated heterocycles. The van der Waals surface area contributed by atoms with Crippen LogP contribution in [0.25, 0.3) is 0 Å². The summed E-state index contributed by atoms with van der Waals surface area (Å²) in [5.74, 6) is 1.29. The summed E-state index contributed by atoms with van der Waals surface area (Å²) < 4.78 is 4.69. The molecule has 4 heteroatoms. The van der Waals surface area contributed by atoms with Crippen LogP contribution >= 0.6 is 0 Å². The number of carbonyl (C=O) groups is 1. The number of nitrogens with zero attached hydrogens (tertiary/aromatic N) is 1. The molecule has 0 spiro atoms. The fraction of sp³-hybridized carbons (Fsp3) is 0.778. The molecule has 0 aromatic rings. The Morgan fingerprint density at radius 2 is 2.00 bits per heavy atom. The summed E-state index contributed by atoms with van der Waals surface area (Å²) in [5.41, 5.74) is 0. The van der Waals surface area contributed by atoms with Crippen LogP contribution in [-0.2, 0) is 4.74 Å². The van der Waals surface area contributed by atoms with Crippen LogP contribution in [0, 0.1) is 18.9 Å². The Morgan fingerprint density at radius 3 is 2.46 bits per heavy atom. The topological polar surface area (TPSA) is 34.0 Å². The molecule has 0 aliphatic carbocycles. The van der Waals surface area contributed by atoms with Crippen molar-refractivity contribution in [2.75, 3.05) is 33.3 Å². The van der Waals surface area contributed by atoms with Crippen molar-refractivity contribution in [3.05, 3.63) is 7.05 Å². The van der Waals surface area contributed by atoms with Gasteiger partial charge in [-0.25, -0.2) is 4.79 Å².